The van der Waals surface area contributed by atoms with E-state index in [4.69, 9.17) is 16.3 Å². The van der Waals surface area contributed by atoms with Crippen molar-refractivity contribution >= 4 is 23.4 Å². The molecule has 1 aliphatic rings. The highest BCUT2D eigenvalue weighted by molar-refractivity contribution is 6.32. The molecular formula is C21H25ClN4O3. The molecule has 0 atom stereocenters. The van der Waals surface area contributed by atoms with E-state index in [-0.39, 0.29) is 18.4 Å². The van der Waals surface area contributed by atoms with Crippen molar-refractivity contribution < 1.29 is 14.3 Å². The van der Waals surface area contributed by atoms with E-state index in [9.17, 15) is 9.59 Å². The van der Waals surface area contributed by atoms with Gasteiger partial charge in [0.25, 0.3) is 11.8 Å². The minimum Gasteiger partial charge on any atom is -0.491 e. The number of benzene rings is 2. The second-order valence-corrected chi connectivity index (χ2v) is 7.17. The maximum absolute atomic E-state index is 12.1. The summed E-state index contributed by atoms with van der Waals surface area (Å²) in [7, 11) is 0. The van der Waals surface area contributed by atoms with Crippen LogP contribution in [0, 0.1) is 0 Å². The van der Waals surface area contributed by atoms with Gasteiger partial charge in [0.1, 0.15) is 12.4 Å². The lowest BCUT2D eigenvalue weighted by atomic mass is 10.2. The third-order valence-electron chi connectivity index (χ3n) is 4.69. The van der Waals surface area contributed by atoms with Crippen LogP contribution in [-0.4, -0.2) is 67.5 Å². The summed E-state index contributed by atoms with van der Waals surface area (Å²) in [6.07, 6.45) is 0. The van der Waals surface area contributed by atoms with E-state index in [1.54, 1.807) is 24.3 Å². The number of nitrogens with one attached hydrogen (secondary N) is 2. The van der Waals surface area contributed by atoms with Gasteiger partial charge in [0.2, 0.25) is 0 Å². The maximum atomic E-state index is 12.1. The average Bonchev–Trinajstić information content (AvgIpc) is 2.75. The van der Waals surface area contributed by atoms with E-state index >= 15 is 0 Å². The Morgan fingerprint density at radius 1 is 0.897 bits per heavy atom. The quantitative estimate of drug-likeness (QED) is 0.673. The summed E-state index contributed by atoms with van der Waals surface area (Å²) < 4.78 is 5.73. The van der Waals surface area contributed by atoms with Crippen molar-refractivity contribution in [2.75, 3.05) is 45.9 Å². The van der Waals surface area contributed by atoms with Gasteiger partial charge >= 0.3 is 0 Å². The van der Waals surface area contributed by atoms with Crippen LogP contribution >= 0.6 is 11.6 Å². The number of hydrazine groups is 1. The van der Waals surface area contributed by atoms with Gasteiger partial charge in [-0.25, -0.2) is 0 Å². The smallest absolute Gasteiger partial charge is 0.269 e. The molecule has 0 spiro atoms. The van der Waals surface area contributed by atoms with Crippen LogP contribution in [0.3, 0.4) is 0 Å². The average molecular weight is 417 g/mol. The molecule has 2 amide bonds. The first-order valence-electron chi connectivity index (χ1n) is 9.58. The standard InChI is InChI=1S/C21H25ClN4O3/c22-18-8-4-5-9-19(18)29-15-14-25-10-12-26(13-11-25)16-20(27)23-24-21(28)17-6-2-1-3-7-17/h1-9H,10-16H2,(H,23,27)(H,24,28). The Morgan fingerprint density at radius 3 is 2.28 bits per heavy atom. The van der Waals surface area contributed by atoms with Gasteiger partial charge in [-0.1, -0.05) is 41.9 Å². The Kier molecular flexibility index (Phi) is 7.86. The number of rotatable bonds is 7. The molecule has 1 aliphatic heterocycles. The molecule has 7 nitrogen and oxygen atoms in total. The first-order valence-corrected chi connectivity index (χ1v) is 9.96. The molecular weight excluding hydrogens is 392 g/mol. The number of carbonyl (C=O) groups is 2. The van der Waals surface area contributed by atoms with Gasteiger partial charge in [0.05, 0.1) is 11.6 Å². The summed E-state index contributed by atoms with van der Waals surface area (Å²) in [5, 5.41) is 0.614. The molecule has 0 radical (unpaired) electrons. The second-order valence-electron chi connectivity index (χ2n) is 6.76. The molecule has 2 N–H and O–H groups in total. The molecule has 29 heavy (non-hydrogen) atoms. The van der Waals surface area contributed by atoms with Crippen LogP contribution in [0.4, 0.5) is 0 Å². The minimum absolute atomic E-state index is 0.232. The fourth-order valence-electron chi connectivity index (χ4n) is 3.05. The van der Waals surface area contributed by atoms with Crippen LogP contribution in [0.5, 0.6) is 5.75 Å². The molecule has 2 aromatic rings. The molecule has 0 bridgehead atoms. The lowest BCUT2D eigenvalue weighted by Crippen LogP contribution is -2.52. The van der Waals surface area contributed by atoms with Gasteiger partial charge in [-0.05, 0) is 24.3 Å². The van der Waals surface area contributed by atoms with Crippen LogP contribution in [0.1, 0.15) is 10.4 Å². The molecule has 0 aliphatic carbocycles. The number of amides is 2. The molecule has 1 saturated heterocycles. The Balaban J connectivity index is 1.30. The van der Waals surface area contributed by atoms with E-state index in [1.807, 2.05) is 30.3 Å². The van der Waals surface area contributed by atoms with Crippen LogP contribution < -0.4 is 15.6 Å². The number of nitrogens with zero attached hydrogens (tertiary/aromatic N) is 2. The predicted octanol–water partition coefficient (Wildman–Crippen LogP) is 1.80. The highest BCUT2D eigenvalue weighted by atomic mass is 35.5. The number of halogens is 1. The first kappa shape index (κ1) is 21.1. The Morgan fingerprint density at radius 2 is 1.55 bits per heavy atom. The van der Waals surface area contributed by atoms with Crippen molar-refractivity contribution in [3.63, 3.8) is 0 Å². The number of ether oxygens (including phenoxy) is 1. The fraction of sp³-hybridized carbons (Fsp3) is 0.333. The second kappa shape index (κ2) is 10.8. The largest absolute Gasteiger partial charge is 0.491 e. The maximum Gasteiger partial charge on any atom is 0.269 e. The molecule has 0 unspecified atom stereocenters. The number of hydrogen-bond acceptors (Lipinski definition) is 5. The molecule has 3 rings (SSSR count). The third-order valence-corrected chi connectivity index (χ3v) is 5.00. The van der Waals surface area contributed by atoms with E-state index < -0.39 is 0 Å². The van der Waals surface area contributed by atoms with Gasteiger partial charge in [-0.2, -0.15) is 0 Å². The van der Waals surface area contributed by atoms with Crippen LogP contribution in [-0.2, 0) is 4.79 Å². The van der Waals surface area contributed by atoms with Crippen LogP contribution in [0.2, 0.25) is 5.02 Å². The summed E-state index contributed by atoms with van der Waals surface area (Å²) in [5.41, 5.74) is 5.41. The zero-order valence-corrected chi connectivity index (χ0v) is 16.9. The summed E-state index contributed by atoms with van der Waals surface area (Å²) >= 11 is 6.08. The van der Waals surface area contributed by atoms with Gasteiger partial charge < -0.3 is 4.74 Å². The summed E-state index contributed by atoms with van der Waals surface area (Å²) in [6.45, 7) is 4.90. The summed E-state index contributed by atoms with van der Waals surface area (Å²) in [4.78, 5) is 28.4. The Labute approximate surface area is 175 Å². The highest BCUT2D eigenvalue weighted by Crippen LogP contribution is 2.22. The normalized spacial score (nSPS) is 14.9. The Hall–Kier alpha value is -2.61. The lowest BCUT2D eigenvalue weighted by Gasteiger charge is -2.34. The van der Waals surface area contributed by atoms with E-state index in [2.05, 4.69) is 20.7 Å². The van der Waals surface area contributed by atoms with E-state index in [0.717, 1.165) is 32.7 Å². The lowest BCUT2D eigenvalue weighted by molar-refractivity contribution is -0.123. The van der Waals surface area contributed by atoms with Gasteiger partial charge in [-0.3, -0.25) is 30.2 Å². The number of carbonyl (C=O) groups excluding carboxylic acids is 2. The summed E-state index contributed by atoms with van der Waals surface area (Å²) in [6, 6.07) is 16.2. The van der Waals surface area contributed by atoms with Gasteiger partial charge in [-0.15, -0.1) is 0 Å². The van der Waals surface area contributed by atoms with Gasteiger partial charge in [0, 0.05) is 38.3 Å². The van der Waals surface area contributed by atoms with Crippen molar-refractivity contribution in [1.29, 1.82) is 0 Å². The van der Waals surface area contributed by atoms with Crippen LogP contribution in [0.15, 0.2) is 54.6 Å². The number of piperazine rings is 1. The fourth-order valence-corrected chi connectivity index (χ4v) is 3.24. The van der Waals surface area contributed by atoms with Crippen molar-refractivity contribution in [3.05, 3.63) is 65.2 Å². The zero-order chi connectivity index (χ0) is 20.5. The predicted molar refractivity (Wildman–Crippen MR) is 112 cm³/mol. The monoisotopic (exact) mass is 416 g/mol. The van der Waals surface area contributed by atoms with Crippen molar-refractivity contribution in [2.24, 2.45) is 0 Å². The van der Waals surface area contributed by atoms with E-state index in [0.29, 0.717) is 22.9 Å². The number of para-hydroxylation sites is 1. The van der Waals surface area contributed by atoms with Crippen LogP contribution in [0.25, 0.3) is 0 Å². The minimum atomic E-state index is -0.331. The first-order chi connectivity index (χ1) is 14.1. The molecule has 2 aromatic carbocycles. The number of hydrogen-bond donors (Lipinski definition) is 2. The highest BCUT2D eigenvalue weighted by Gasteiger charge is 2.19. The molecule has 0 aromatic heterocycles. The molecule has 1 heterocycles. The molecule has 0 saturated carbocycles. The molecule has 1 fully saturated rings. The SMILES string of the molecule is O=C(CN1CCN(CCOc2ccccc2Cl)CC1)NNC(=O)c1ccccc1. The summed E-state index contributed by atoms with van der Waals surface area (Å²) in [5.74, 6) is 0.133. The van der Waals surface area contributed by atoms with Crippen molar-refractivity contribution in [1.82, 2.24) is 20.7 Å². The van der Waals surface area contributed by atoms with Crippen molar-refractivity contribution in [2.45, 2.75) is 0 Å². The van der Waals surface area contributed by atoms with Gasteiger partial charge in [0.15, 0.2) is 0 Å². The topological polar surface area (TPSA) is 73.9 Å². The molecule has 154 valence electrons. The third kappa shape index (κ3) is 6.74. The van der Waals surface area contributed by atoms with Crippen molar-refractivity contribution in [3.8, 4) is 5.75 Å². The zero-order valence-electron chi connectivity index (χ0n) is 16.1. The molecule has 8 heteroatoms. The van der Waals surface area contributed by atoms with E-state index in [1.165, 1.54) is 0 Å². The Bertz CT molecular complexity index is 811.